The summed E-state index contributed by atoms with van der Waals surface area (Å²) in [5.41, 5.74) is 8.92. The topological polar surface area (TPSA) is 69.3 Å². The minimum Gasteiger partial charge on any atom is -0.496 e. The van der Waals surface area contributed by atoms with Crippen LogP contribution in [0.25, 0.3) is 0 Å². The van der Waals surface area contributed by atoms with Gasteiger partial charge in [0.15, 0.2) is 5.84 Å². The van der Waals surface area contributed by atoms with Gasteiger partial charge < -0.3 is 20.0 Å². The summed E-state index contributed by atoms with van der Waals surface area (Å²) in [5, 5.41) is 4.66. The molecule has 0 unspecified atom stereocenters. The first-order valence-electron chi connectivity index (χ1n) is 8.83. The highest BCUT2D eigenvalue weighted by Gasteiger charge is 2.11. The first-order valence-corrected chi connectivity index (χ1v) is 9.21. The molecule has 144 valence electrons. The summed E-state index contributed by atoms with van der Waals surface area (Å²) in [6.45, 7) is 4.54. The second kappa shape index (κ2) is 9.60. The lowest BCUT2D eigenvalue weighted by Crippen LogP contribution is -2.35. The van der Waals surface area contributed by atoms with Gasteiger partial charge in [-0.25, -0.2) is 0 Å². The smallest absolute Gasteiger partial charge is 0.170 e. The molecular weight excluding hydrogens is 366 g/mol. The molecule has 6 nitrogen and oxygen atoms in total. The number of halogens is 1. The Hall–Kier alpha value is -2.28. The second-order valence-electron chi connectivity index (χ2n) is 6.30. The van der Waals surface area contributed by atoms with Crippen molar-refractivity contribution in [3.05, 3.63) is 64.2 Å². The van der Waals surface area contributed by atoms with Crippen LogP contribution in [0.5, 0.6) is 5.75 Å². The summed E-state index contributed by atoms with van der Waals surface area (Å²) in [6.07, 6.45) is 0. The van der Waals surface area contributed by atoms with Crippen molar-refractivity contribution in [1.29, 1.82) is 0 Å². The Balaban J connectivity index is 1.62. The van der Waals surface area contributed by atoms with Crippen LogP contribution in [0.3, 0.4) is 0 Å². The van der Waals surface area contributed by atoms with Gasteiger partial charge in [-0.05, 0) is 29.8 Å². The number of nitrogens with two attached hydrogens (primary N) is 1. The molecule has 0 amide bonds. The van der Waals surface area contributed by atoms with E-state index in [0.717, 1.165) is 44.0 Å². The fraction of sp³-hybridized carbons (Fsp3) is 0.350. The molecule has 1 fully saturated rings. The Bertz CT molecular complexity index is 792. The van der Waals surface area contributed by atoms with Crippen molar-refractivity contribution in [2.75, 3.05) is 33.4 Å². The zero-order chi connectivity index (χ0) is 19.1. The molecule has 1 saturated heterocycles. The van der Waals surface area contributed by atoms with Gasteiger partial charge >= 0.3 is 0 Å². The Morgan fingerprint density at radius 3 is 2.81 bits per heavy atom. The summed E-state index contributed by atoms with van der Waals surface area (Å²) in [6, 6.07) is 13.4. The third-order valence-electron chi connectivity index (χ3n) is 4.36. The molecule has 1 heterocycles. The van der Waals surface area contributed by atoms with Crippen molar-refractivity contribution >= 4 is 17.4 Å². The van der Waals surface area contributed by atoms with Gasteiger partial charge in [0.2, 0.25) is 0 Å². The van der Waals surface area contributed by atoms with E-state index in [1.165, 1.54) is 5.56 Å². The number of hydrogen-bond donors (Lipinski definition) is 1. The number of hydrogen-bond acceptors (Lipinski definition) is 5. The molecular formula is C20H24ClN3O3. The number of nitrogens with zero attached hydrogens (tertiary/aromatic N) is 2. The maximum atomic E-state index is 6.10. The van der Waals surface area contributed by atoms with Crippen LogP contribution in [-0.2, 0) is 22.7 Å². The van der Waals surface area contributed by atoms with Crippen LogP contribution in [0.4, 0.5) is 0 Å². The van der Waals surface area contributed by atoms with Crippen LogP contribution in [0.1, 0.15) is 16.7 Å². The molecule has 0 saturated carbocycles. The molecule has 0 aromatic heterocycles. The Morgan fingerprint density at radius 1 is 1.22 bits per heavy atom. The third-order valence-corrected chi connectivity index (χ3v) is 4.59. The highest BCUT2D eigenvalue weighted by molar-refractivity contribution is 6.30. The van der Waals surface area contributed by atoms with Crippen molar-refractivity contribution in [3.63, 3.8) is 0 Å². The van der Waals surface area contributed by atoms with E-state index in [1.807, 2.05) is 18.2 Å². The van der Waals surface area contributed by atoms with Gasteiger partial charge in [-0.2, -0.15) is 0 Å². The van der Waals surface area contributed by atoms with Gasteiger partial charge in [-0.3, -0.25) is 4.90 Å². The number of oxime groups is 1. The van der Waals surface area contributed by atoms with E-state index in [0.29, 0.717) is 16.6 Å². The molecule has 3 rings (SSSR count). The molecule has 0 bridgehead atoms. The number of ether oxygens (including phenoxy) is 2. The van der Waals surface area contributed by atoms with Crippen LogP contribution < -0.4 is 10.5 Å². The Morgan fingerprint density at radius 2 is 2.04 bits per heavy atom. The molecule has 1 aliphatic rings. The standard InChI is InChI=1S/C20H24ClN3O3/c1-25-19-6-5-18(21)12-17(19)14-27-23-20(22)16-4-2-3-15(11-16)13-24-7-9-26-10-8-24/h2-6,11-12H,7-10,13-14H2,1H3,(H2,22,23). The molecule has 0 atom stereocenters. The lowest BCUT2D eigenvalue weighted by molar-refractivity contribution is 0.0342. The van der Waals surface area contributed by atoms with E-state index in [1.54, 1.807) is 25.3 Å². The minimum atomic E-state index is 0.220. The average Bonchev–Trinajstić information content (AvgIpc) is 2.69. The van der Waals surface area contributed by atoms with Crippen molar-refractivity contribution < 1.29 is 14.3 Å². The fourth-order valence-corrected chi connectivity index (χ4v) is 3.13. The maximum Gasteiger partial charge on any atom is 0.170 e. The molecule has 2 aromatic rings. The first-order chi connectivity index (χ1) is 13.2. The van der Waals surface area contributed by atoms with E-state index < -0.39 is 0 Å². The van der Waals surface area contributed by atoms with Crippen LogP contribution in [0, 0.1) is 0 Å². The molecule has 1 aliphatic heterocycles. The molecule has 0 aliphatic carbocycles. The monoisotopic (exact) mass is 389 g/mol. The van der Waals surface area contributed by atoms with Gasteiger partial charge in [0.25, 0.3) is 0 Å². The summed E-state index contributed by atoms with van der Waals surface area (Å²) in [7, 11) is 1.60. The SMILES string of the molecule is COc1ccc(Cl)cc1CO/N=C(/N)c1cccc(CN2CCOCC2)c1. The fourth-order valence-electron chi connectivity index (χ4n) is 2.93. The second-order valence-corrected chi connectivity index (χ2v) is 6.73. The lowest BCUT2D eigenvalue weighted by atomic mass is 10.1. The van der Waals surface area contributed by atoms with E-state index in [9.17, 15) is 0 Å². The predicted molar refractivity (Wildman–Crippen MR) is 106 cm³/mol. The summed E-state index contributed by atoms with van der Waals surface area (Å²) in [5.74, 6) is 1.03. The molecule has 2 aromatic carbocycles. The van der Waals surface area contributed by atoms with Crippen LogP contribution in [0.2, 0.25) is 5.02 Å². The Labute approximate surface area is 164 Å². The molecule has 0 radical (unpaired) electrons. The minimum absolute atomic E-state index is 0.220. The van der Waals surface area contributed by atoms with Gasteiger partial charge in [0, 0.05) is 35.8 Å². The first kappa shape index (κ1) is 19.5. The number of methoxy groups -OCH3 is 1. The summed E-state index contributed by atoms with van der Waals surface area (Å²) >= 11 is 6.03. The number of amidine groups is 1. The highest BCUT2D eigenvalue weighted by Crippen LogP contribution is 2.23. The van der Waals surface area contributed by atoms with E-state index in [-0.39, 0.29) is 6.61 Å². The zero-order valence-corrected chi connectivity index (χ0v) is 16.1. The van der Waals surface area contributed by atoms with Gasteiger partial charge in [0.05, 0.1) is 20.3 Å². The average molecular weight is 390 g/mol. The molecule has 27 heavy (non-hydrogen) atoms. The molecule has 7 heteroatoms. The zero-order valence-electron chi connectivity index (χ0n) is 15.4. The van der Waals surface area contributed by atoms with Crippen LogP contribution >= 0.6 is 11.6 Å². The largest absolute Gasteiger partial charge is 0.496 e. The molecule has 2 N–H and O–H groups in total. The maximum absolute atomic E-state index is 6.10. The number of benzene rings is 2. The third kappa shape index (κ3) is 5.60. The number of rotatable bonds is 7. The van der Waals surface area contributed by atoms with Crippen LogP contribution in [-0.4, -0.2) is 44.1 Å². The lowest BCUT2D eigenvalue weighted by Gasteiger charge is -2.26. The summed E-state index contributed by atoms with van der Waals surface area (Å²) in [4.78, 5) is 7.78. The van der Waals surface area contributed by atoms with E-state index in [4.69, 9.17) is 31.6 Å². The van der Waals surface area contributed by atoms with Gasteiger partial charge in [-0.15, -0.1) is 0 Å². The highest BCUT2D eigenvalue weighted by atomic mass is 35.5. The van der Waals surface area contributed by atoms with Crippen molar-refractivity contribution in [1.82, 2.24) is 4.90 Å². The van der Waals surface area contributed by atoms with E-state index >= 15 is 0 Å². The van der Waals surface area contributed by atoms with Gasteiger partial charge in [-0.1, -0.05) is 35.0 Å². The summed E-state index contributed by atoms with van der Waals surface area (Å²) < 4.78 is 10.7. The van der Waals surface area contributed by atoms with E-state index in [2.05, 4.69) is 16.1 Å². The van der Waals surface area contributed by atoms with Crippen molar-refractivity contribution in [3.8, 4) is 5.75 Å². The normalized spacial score (nSPS) is 15.6. The predicted octanol–water partition coefficient (Wildman–Crippen LogP) is 3.02. The Kier molecular flexibility index (Phi) is 6.92. The van der Waals surface area contributed by atoms with Gasteiger partial charge in [0.1, 0.15) is 12.4 Å². The number of morpholine rings is 1. The van der Waals surface area contributed by atoms with Crippen molar-refractivity contribution in [2.45, 2.75) is 13.2 Å². The van der Waals surface area contributed by atoms with Crippen LogP contribution in [0.15, 0.2) is 47.6 Å². The molecule has 0 spiro atoms. The quantitative estimate of drug-likeness (QED) is 0.448. The van der Waals surface area contributed by atoms with Crippen molar-refractivity contribution in [2.24, 2.45) is 10.9 Å².